The topological polar surface area (TPSA) is 103 Å². The van der Waals surface area contributed by atoms with Crippen molar-refractivity contribution in [3.05, 3.63) is 36.4 Å². The van der Waals surface area contributed by atoms with Crippen molar-refractivity contribution >= 4 is 0 Å². The van der Waals surface area contributed by atoms with Crippen LogP contribution in [0.4, 0.5) is 0 Å². The van der Waals surface area contributed by atoms with E-state index in [1.165, 1.54) is 6.07 Å². The average Bonchev–Trinajstić information content (AvgIpc) is 3.11. The zero-order chi connectivity index (χ0) is 19.2. The maximum Gasteiger partial charge on any atom is 0.185 e. The van der Waals surface area contributed by atoms with E-state index in [-0.39, 0.29) is 11.5 Å². The van der Waals surface area contributed by atoms with E-state index in [4.69, 9.17) is 9.47 Å². The second-order valence-electron chi connectivity index (χ2n) is 5.92. The predicted molar refractivity (Wildman–Crippen MR) is 99.7 cm³/mol. The molecule has 0 atom stereocenters. The Balaban J connectivity index is 2.01. The molecule has 3 rings (SSSR count). The minimum absolute atomic E-state index is 0.0386. The fraction of sp³-hybridized carbons (Fsp3) is 0.316. The van der Waals surface area contributed by atoms with Gasteiger partial charge in [-0.1, -0.05) is 12.1 Å². The Labute approximate surface area is 157 Å². The van der Waals surface area contributed by atoms with Gasteiger partial charge in [-0.15, -0.1) is 5.10 Å². The number of ether oxygens (including phenoxy) is 2. The summed E-state index contributed by atoms with van der Waals surface area (Å²) in [5.41, 5.74) is 1.75. The summed E-state index contributed by atoms with van der Waals surface area (Å²) in [5.74, 6) is 0.988. The van der Waals surface area contributed by atoms with Crippen molar-refractivity contribution in [1.29, 1.82) is 0 Å². The standard InChI is InChI=1S/C19H22N4O4/c1-3-27-14-7-4-6-13(10-14)15-11-16(18(25)12-17(15)24)19-20-21-22-23(19)8-5-9-26-2/h4,6-7,10-12,24-25H,3,5,8-9H2,1-2H3. The van der Waals surface area contributed by atoms with Gasteiger partial charge in [-0.2, -0.15) is 0 Å². The van der Waals surface area contributed by atoms with Crippen LogP contribution in [-0.2, 0) is 11.3 Å². The van der Waals surface area contributed by atoms with Gasteiger partial charge in [-0.3, -0.25) is 0 Å². The Morgan fingerprint density at radius 3 is 2.67 bits per heavy atom. The molecule has 0 saturated carbocycles. The number of tetrazole rings is 1. The Kier molecular flexibility index (Phi) is 5.87. The first kappa shape index (κ1) is 18.7. The number of nitrogens with zero attached hydrogens (tertiary/aromatic N) is 4. The lowest BCUT2D eigenvalue weighted by Gasteiger charge is -2.12. The molecule has 8 nitrogen and oxygen atoms in total. The molecule has 0 unspecified atom stereocenters. The highest BCUT2D eigenvalue weighted by molar-refractivity contribution is 5.79. The second-order valence-corrected chi connectivity index (χ2v) is 5.92. The zero-order valence-corrected chi connectivity index (χ0v) is 15.3. The number of methoxy groups -OCH3 is 1. The van der Waals surface area contributed by atoms with Crippen LogP contribution in [0, 0.1) is 0 Å². The van der Waals surface area contributed by atoms with Gasteiger partial charge in [0.05, 0.1) is 12.2 Å². The monoisotopic (exact) mass is 370 g/mol. The molecule has 0 fully saturated rings. The minimum atomic E-state index is -0.0972. The van der Waals surface area contributed by atoms with E-state index in [1.54, 1.807) is 17.9 Å². The van der Waals surface area contributed by atoms with Crippen LogP contribution in [0.5, 0.6) is 17.2 Å². The van der Waals surface area contributed by atoms with Crippen molar-refractivity contribution in [1.82, 2.24) is 20.2 Å². The third-order valence-electron chi connectivity index (χ3n) is 4.06. The number of aromatic hydroxyl groups is 2. The molecule has 0 amide bonds. The summed E-state index contributed by atoms with van der Waals surface area (Å²) >= 11 is 0. The van der Waals surface area contributed by atoms with Gasteiger partial charge in [0.15, 0.2) is 5.82 Å². The van der Waals surface area contributed by atoms with Gasteiger partial charge in [0.2, 0.25) is 0 Å². The summed E-state index contributed by atoms with van der Waals surface area (Å²) in [4.78, 5) is 0. The number of phenolic OH excluding ortho intramolecular Hbond substituents is 2. The molecule has 142 valence electrons. The Bertz CT molecular complexity index is 910. The number of hydrogen-bond donors (Lipinski definition) is 2. The van der Waals surface area contributed by atoms with E-state index >= 15 is 0 Å². The van der Waals surface area contributed by atoms with Gasteiger partial charge in [0.25, 0.3) is 0 Å². The summed E-state index contributed by atoms with van der Waals surface area (Å²) in [7, 11) is 1.63. The molecule has 8 heteroatoms. The third-order valence-corrected chi connectivity index (χ3v) is 4.06. The van der Waals surface area contributed by atoms with Crippen molar-refractivity contribution in [3.8, 4) is 39.8 Å². The minimum Gasteiger partial charge on any atom is -0.507 e. The molecule has 1 heterocycles. The van der Waals surface area contributed by atoms with Crippen molar-refractivity contribution in [3.63, 3.8) is 0 Å². The average molecular weight is 370 g/mol. The highest BCUT2D eigenvalue weighted by Crippen LogP contribution is 2.39. The number of aryl methyl sites for hydroxylation is 1. The van der Waals surface area contributed by atoms with E-state index in [9.17, 15) is 10.2 Å². The van der Waals surface area contributed by atoms with Gasteiger partial charge in [0.1, 0.15) is 17.2 Å². The van der Waals surface area contributed by atoms with Crippen molar-refractivity contribution < 1.29 is 19.7 Å². The summed E-state index contributed by atoms with van der Waals surface area (Å²) in [5, 5.41) is 32.4. The molecular weight excluding hydrogens is 348 g/mol. The molecule has 0 radical (unpaired) electrons. The van der Waals surface area contributed by atoms with E-state index in [0.717, 1.165) is 12.0 Å². The molecular formula is C19H22N4O4. The molecule has 0 saturated heterocycles. The fourth-order valence-electron chi connectivity index (χ4n) is 2.81. The molecule has 0 bridgehead atoms. The Hall–Kier alpha value is -3.13. The molecule has 0 aliphatic carbocycles. The number of rotatable bonds is 8. The quantitative estimate of drug-likeness (QED) is 0.588. The largest absolute Gasteiger partial charge is 0.507 e. The van der Waals surface area contributed by atoms with Gasteiger partial charge < -0.3 is 19.7 Å². The lowest BCUT2D eigenvalue weighted by molar-refractivity contribution is 0.189. The van der Waals surface area contributed by atoms with Crippen LogP contribution >= 0.6 is 0 Å². The summed E-state index contributed by atoms with van der Waals surface area (Å²) in [6.45, 7) is 3.58. The molecule has 27 heavy (non-hydrogen) atoms. The lowest BCUT2D eigenvalue weighted by Crippen LogP contribution is -2.05. The van der Waals surface area contributed by atoms with Gasteiger partial charge in [0, 0.05) is 31.9 Å². The smallest absolute Gasteiger partial charge is 0.185 e. The molecule has 0 aliphatic rings. The third kappa shape index (κ3) is 4.17. The Morgan fingerprint density at radius 1 is 1.07 bits per heavy atom. The highest BCUT2D eigenvalue weighted by Gasteiger charge is 2.17. The highest BCUT2D eigenvalue weighted by atomic mass is 16.5. The maximum absolute atomic E-state index is 10.4. The molecule has 0 aliphatic heterocycles. The van der Waals surface area contributed by atoms with Crippen molar-refractivity contribution in [2.24, 2.45) is 0 Å². The second kappa shape index (κ2) is 8.50. The maximum atomic E-state index is 10.4. The summed E-state index contributed by atoms with van der Waals surface area (Å²) in [6, 6.07) is 10.4. The fourth-order valence-corrected chi connectivity index (χ4v) is 2.81. The first-order valence-electron chi connectivity index (χ1n) is 8.68. The van der Waals surface area contributed by atoms with Crippen LogP contribution in [0.2, 0.25) is 0 Å². The number of aromatic nitrogens is 4. The molecule has 3 aromatic rings. The number of benzene rings is 2. The molecule has 1 aromatic heterocycles. The van der Waals surface area contributed by atoms with Gasteiger partial charge >= 0.3 is 0 Å². The van der Waals surface area contributed by atoms with E-state index in [0.29, 0.717) is 42.5 Å². The van der Waals surface area contributed by atoms with E-state index < -0.39 is 0 Å². The van der Waals surface area contributed by atoms with Crippen LogP contribution in [0.15, 0.2) is 36.4 Å². The Morgan fingerprint density at radius 2 is 1.89 bits per heavy atom. The van der Waals surface area contributed by atoms with E-state index in [2.05, 4.69) is 15.5 Å². The van der Waals surface area contributed by atoms with Gasteiger partial charge in [-0.05, 0) is 47.5 Å². The molecule has 0 spiro atoms. The van der Waals surface area contributed by atoms with Crippen molar-refractivity contribution in [2.75, 3.05) is 20.3 Å². The number of hydrogen-bond acceptors (Lipinski definition) is 7. The van der Waals surface area contributed by atoms with Crippen LogP contribution in [0.3, 0.4) is 0 Å². The van der Waals surface area contributed by atoms with Crippen LogP contribution in [0.1, 0.15) is 13.3 Å². The van der Waals surface area contributed by atoms with Crippen LogP contribution in [0.25, 0.3) is 22.5 Å². The van der Waals surface area contributed by atoms with Crippen LogP contribution in [-0.4, -0.2) is 50.7 Å². The van der Waals surface area contributed by atoms with Crippen molar-refractivity contribution in [2.45, 2.75) is 19.9 Å². The SMILES string of the molecule is CCOc1cccc(-c2cc(-c3nnnn3CCCOC)c(O)cc2O)c1. The van der Waals surface area contributed by atoms with Gasteiger partial charge in [-0.25, -0.2) is 4.68 Å². The molecule has 2 aromatic carbocycles. The first-order valence-corrected chi connectivity index (χ1v) is 8.68. The zero-order valence-electron chi connectivity index (χ0n) is 15.3. The van der Waals surface area contributed by atoms with E-state index in [1.807, 2.05) is 31.2 Å². The normalized spacial score (nSPS) is 10.9. The summed E-state index contributed by atoms with van der Waals surface area (Å²) < 4.78 is 12.2. The lowest BCUT2D eigenvalue weighted by atomic mass is 10.0. The van der Waals surface area contributed by atoms with Crippen LogP contribution < -0.4 is 4.74 Å². The molecule has 2 N–H and O–H groups in total. The summed E-state index contributed by atoms with van der Waals surface area (Å²) in [6.07, 6.45) is 0.733. The number of phenols is 2. The predicted octanol–water partition coefficient (Wildman–Crippen LogP) is 2.85. The first-order chi connectivity index (χ1) is 13.1.